The molecule has 0 spiro atoms. The molecule has 7 heteroatoms. The second kappa shape index (κ2) is 8.68. The number of rotatable bonds is 4. The molecule has 0 aromatic heterocycles. The minimum atomic E-state index is -2.35. The number of fused-ring (bicyclic) bond motifs is 3. The number of hydrogen-bond acceptors (Lipinski definition) is 7. The zero-order valence-electron chi connectivity index (χ0n) is 20.3. The molecule has 188 valence electrons. The van der Waals surface area contributed by atoms with Crippen molar-refractivity contribution in [3.05, 3.63) is 75.5 Å². The van der Waals surface area contributed by atoms with Gasteiger partial charge in [-0.1, -0.05) is 35.9 Å². The van der Waals surface area contributed by atoms with Crippen LogP contribution in [0.15, 0.2) is 47.7 Å². The van der Waals surface area contributed by atoms with Gasteiger partial charge in [-0.3, -0.25) is 14.4 Å². The van der Waals surface area contributed by atoms with Crippen LogP contribution in [0.25, 0.3) is 0 Å². The molecule has 3 aliphatic rings. The standard InChI is InChI=1S/C29H30O7/c1-14-3-5-16(6-4-14)7-8-17-9-10-21(31)25-20(17)12-18-11-19-13-22(32)23(15(2)30)27(34)29(19,36)28(35)24(18)26(25)33/h3-6,9-10,18-19,24,28,31-32,35-36H,7-8,11-13H2,1-2H3/t18-,19+,24?,28?,29-/m1/s1. The van der Waals surface area contributed by atoms with Gasteiger partial charge in [0.05, 0.1) is 11.5 Å². The van der Waals surface area contributed by atoms with Gasteiger partial charge in [-0.15, -0.1) is 0 Å². The third-order valence-corrected chi connectivity index (χ3v) is 8.39. The number of phenols is 1. The number of carbonyl (C=O) groups is 3. The minimum absolute atomic E-state index is 0.126. The predicted octanol–water partition coefficient (Wildman–Crippen LogP) is 2.94. The van der Waals surface area contributed by atoms with Gasteiger partial charge in [-0.2, -0.15) is 0 Å². The molecule has 1 fully saturated rings. The lowest BCUT2D eigenvalue weighted by Crippen LogP contribution is -2.66. The minimum Gasteiger partial charge on any atom is -0.511 e. The van der Waals surface area contributed by atoms with Crippen molar-refractivity contribution < 1.29 is 34.8 Å². The molecule has 1 saturated carbocycles. The Morgan fingerprint density at radius 2 is 1.72 bits per heavy atom. The number of carbonyl (C=O) groups excluding carboxylic acids is 3. The van der Waals surface area contributed by atoms with Crippen LogP contribution in [0.2, 0.25) is 0 Å². The van der Waals surface area contributed by atoms with E-state index in [9.17, 15) is 34.8 Å². The molecule has 4 N–H and O–H groups in total. The maximum Gasteiger partial charge on any atom is 0.204 e. The summed E-state index contributed by atoms with van der Waals surface area (Å²) in [5.74, 6) is -5.13. The summed E-state index contributed by atoms with van der Waals surface area (Å²) >= 11 is 0. The van der Waals surface area contributed by atoms with Crippen LogP contribution in [0.1, 0.15) is 52.4 Å². The Morgan fingerprint density at radius 3 is 2.39 bits per heavy atom. The van der Waals surface area contributed by atoms with E-state index >= 15 is 0 Å². The van der Waals surface area contributed by atoms with Crippen LogP contribution in [0, 0.1) is 24.7 Å². The largest absolute Gasteiger partial charge is 0.511 e. The van der Waals surface area contributed by atoms with Crippen LogP contribution in [0.3, 0.4) is 0 Å². The molecule has 2 aromatic carbocycles. The van der Waals surface area contributed by atoms with Gasteiger partial charge in [0.1, 0.15) is 23.2 Å². The molecule has 2 aromatic rings. The van der Waals surface area contributed by atoms with E-state index < -0.39 is 46.5 Å². The number of allylic oxidation sites excluding steroid dienone is 1. The lowest BCUT2D eigenvalue weighted by atomic mass is 9.54. The first-order valence-corrected chi connectivity index (χ1v) is 12.4. The molecule has 7 nitrogen and oxygen atoms in total. The lowest BCUT2D eigenvalue weighted by molar-refractivity contribution is -0.182. The van der Waals surface area contributed by atoms with E-state index in [0.717, 1.165) is 30.0 Å². The lowest BCUT2D eigenvalue weighted by Gasteiger charge is -2.52. The van der Waals surface area contributed by atoms with Crippen LogP contribution in [-0.4, -0.2) is 49.5 Å². The topological polar surface area (TPSA) is 132 Å². The summed E-state index contributed by atoms with van der Waals surface area (Å²) in [7, 11) is 0. The number of aliphatic hydroxyl groups excluding tert-OH is 2. The molecular weight excluding hydrogens is 460 g/mol. The second-order valence-electron chi connectivity index (χ2n) is 10.6. The molecule has 0 radical (unpaired) electrons. The molecule has 0 aliphatic heterocycles. The van der Waals surface area contributed by atoms with Crippen LogP contribution < -0.4 is 0 Å². The monoisotopic (exact) mass is 490 g/mol. The zero-order chi connectivity index (χ0) is 25.9. The van der Waals surface area contributed by atoms with Gasteiger partial charge in [-0.25, -0.2) is 0 Å². The van der Waals surface area contributed by atoms with E-state index in [1.807, 2.05) is 25.1 Å². The Morgan fingerprint density at radius 1 is 1.03 bits per heavy atom. The highest BCUT2D eigenvalue weighted by molar-refractivity contribution is 6.23. The average Bonchev–Trinajstić information content (AvgIpc) is 2.81. The zero-order valence-corrected chi connectivity index (χ0v) is 20.3. The third kappa shape index (κ3) is 3.61. The fraction of sp³-hybridized carbons (Fsp3) is 0.414. The van der Waals surface area contributed by atoms with E-state index in [-0.39, 0.29) is 35.8 Å². The first-order chi connectivity index (χ1) is 17.0. The van der Waals surface area contributed by atoms with Crippen molar-refractivity contribution in [2.24, 2.45) is 17.8 Å². The summed E-state index contributed by atoms with van der Waals surface area (Å²) < 4.78 is 0. The van der Waals surface area contributed by atoms with Crippen molar-refractivity contribution in [2.45, 2.75) is 57.7 Å². The SMILES string of the molecule is CC(=O)C1=C(O)C[C@@H]2C[C@@H]3Cc4c(CCc5ccc(C)cc5)ccc(O)c4C(=O)C3C(O)[C@]2(O)C1=O. The Kier molecular flexibility index (Phi) is 5.88. The Hall–Kier alpha value is -3.29. The van der Waals surface area contributed by atoms with Crippen LogP contribution in [0.5, 0.6) is 5.75 Å². The first kappa shape index (κ1) is 24.4. The van der Waals surface area contributed by atoms with E-state index in [4.69, 9.17) is 0 Å². The summed E-state index contributed by atoms with van der Waals surface area (Å²) in [5, 5.41) is 43.7. The highest BCUT2D eigenvalue weighted by Gasteiger charge is 2.63. The van der Waals surface area contributed by atoms with Crippen molar-refractivity contribution in [1.29, 1.82) is 0 Å². The predicted molar refractivity (Wildman–Crippen MR) is 131 cm³/mol. The maximum absolute atomic E-state index is 13.7. The number of phenolic OH excluding ortho intramolecular Hbond substituents is 1. The highest BCUT2D eigenvalue weighted by Crippen LogP contribution is 2.52. The van der Waals surface area contributed by atoms with Gasteiger partial charge in [0.15, 0.2) is 17.2 Å². The van der Waals surface area contributed by atoms with E-state index in [2.05, 4.69) is 12.1 Å². The molecular formula is C29H30O7. The Labute approximate surface area is 209 Å². The smallest absolute Gasteiger partial charge is 0.204 e. The molecule has 5 rings (SSSR count). The first-order valence-electron chi connectivity index (χ1n) is 12.4. The Bertz CT molecular complexity index is 1310. The van der Waals surface area contributed by atoms with Gasteiger partial charge < -0.3 is 20.4 Å². The van der Waals surface area contributed by atoms with Crippen molar-refractivity contribution in [3.63, 3.8) is 0 Å². The number of aliphatic hydroxyl groups is 3. The van der Waals surface area contributed by atoms with Crippen molar-refractivity contribution in [1.82, 2.24) is 0 Å². The summed E-state index contributed by atoms with van der Waals surface area (Å²) in [6.45, 7) is 3.14. The van der Waals surface area contributed by atoms with Crippen molar-refractivity contribution in [3.8, 4) is 5.75 Å². The third-order valence-electron chi connectivity index (χ3n) is 8.39. The molecule has 2 unspecified atom stereocenters. The number of aromatic hydroxyl groups is 1. The van der Waals surface area contributed by atoms with Gasteiger partial charge >= 0.3 is 0 Å². The molecule has 36 heavy (non-hydrogen) atoms. The van der Waals surface area contributed by atoms with E-state index in [1.165, 1.54) is 11.6 Å². The summed E-state index contributed by atoms with van der Waals surface area (Å²) in [6.07, 6.45) is 0.149. The van der Waals surface area contributed by atoms with Crippen LogP contribution >= 0.6 is 0 Å². The number of benzene rings is 2. The summed E-state index contributed by atoms with van der Waals surface area (Å²) in [5.41, 5.74) is 1.27. The second-order valence-corrected chi connectivity index (χ2v) is 10.6. The molecule has 0 bridgehead atoms. The number of hydrogen-bond donors (Lipinski definition) is 4. The van der Waals surface area contributed by atoms with Crippen LogP contribution in [-0.2, 0) is 28.9 Å². The fourth-order valence-electron chi connectivity index (χ4n) is 6.50. The van der Waals surface area contributed by atoms with E-state index in [0.29, 0.717) is 12.8 Å². The average molecular weight is 491 g/mol. The fourth-order valence-corrected chi connectivity index (χ4v) is 6.50. The summed E-state index contributed by atoms with van der Waals surface area (Å²) in [4.78, 5) is 38.8. The summed E-state index contributed by atoms with van der Waals surface area (Å²) in [6, 6.07) is 11.5. The molecule has 3 aliphatic carbocycles. The van der Waals surface area contributed by atoms with Gasteiger partial charge in [0.2, 0.25) is 5.78 Å². The van der Waals surface area contributed by atoms with Crippen LogP contribution in [0.4, 0.5) is 0 Å². The number of aryl methyl sites for hydroxylation is 3. The number of ketones is 3. The quantitative estimate of drug-likeness (QED) is 0.485. The maximum atomic E-state index is 13.7. The highest BCUT2D eigenvalue weighted by atomic mass is 16.4. The van der Waals surface area contributed by atoms with E-state index in [1.54, 1.807) is 0 Å². The molecule has 0 heterocycles. The van der Waals surface area contributed by atoms with Gasteiger partial charge in [-0.05, 0) is 68.2 Å². The van der Waals surface area contributed by atoms with Crippen molar-refractivity contribution in [2.75, 3.05) is 0 Å². The normalized spacial score (nSPS) is 29.4. The molecule has 0 amide bonds. The molecule has 5 atom stereocenters. The van der Waals surface area contributed by atoms with Crippen molar-refractivity contribution >= 4 is 17.3 Å². The molecule has 0 saturated heterocycles. The number of Topliss-reactive ketones (excluding diaryl/α,β-unsaturated/α-hetero) is 3. The van der Waals surface area contributed by atoms with Gasteiger partial charge in [0.25, 0.3) is 0 Å². The Balaban J connectivity index is 1.50. The van der Waals surface area contributed by atoms with Gasteiger partial charge in [0, 0.05) is 12.3 Å².